The molecule has 4 aliphatic rings. The summed E-state index contributed by atoms with van der Waals surface area (Å²) in [5.41, 5.74) is 13.3. The number of rotatable bonds is 1. The van der Waals surface area contributed by atoms with Crippen molar-refractivity contribution in [1.29, 1.82) is 0 Å². The smallest absolute Gasteiger partial charge is 0.219 e. The zero-order valence-electron chi connectivity index (χ0n) is 19.8. The minimum absolute atomic E-state index is 0.0359. The number of ether oxygens (including phenoxy) is 1. The molecule has 4 atom stereocenters. The monoisotopic (exact) mass is 437 g/mol. The Labute approximate surface area is 190 Å². The van der Waals surface area contributed by atoms with Crippen molar-refractivity contribution < 1.29 is 4.74 Å². The number of hydrogen-bond donors (Lipinski definition) is 3. The molecule has 8 nitrogen and oxygen atoms in total. The van der Waals surface area contributed by atoms with E-state index >= 15 is 0 Å². The number of hydrazine groups is 1. The Balaban J connectivity index is 1.54. The lowest BCUT2D eigenvalue weighted by molar-refractivity contribution is 0.237. The van der Waals surface area contributed by atoms with Crippen LogP contribution in [0.5, 0.6) is 5.88 Å². The average Bonchev–Trinajstić information content (AvgIpc) is 3.43. The number of hydrazone groups is 1. The van der Waals surface area contributed by atoms with E-state index in [0.29, 0.717) is 12.5 Å². The first-order valence-electron chi connectivity index (χ1n) is 11.7. The van der Waals surface area contributed by atoms with Gasteiger partial charge in [-0.15, -0.1) is 0 Å². The van der Waals surface area contributed by atoms with Gasteiger partial charge in [-0.2, -0.15) is 10.2 Å². The van der Waals surface area contributed by atoms with Crippen molar-refractivity contribution in [2.75, 3.05) is 26.7 Å². The molecule has 1 aromatic heterocycles. The molecule has 0 spiro atoms. The Bertz CT molecular complexity index is 1020. The Hall–Kier alpha value is -2.58. The summed E-state index contributed by atoms with van der Waals surface area (Å²) in [5, 5.41) is 15.1. The van der Waals surface area contributed by atoms with E-state index < -0.39 is 0 Å². The second-order valence-electron chi connectivity index (χ2n) is 9.60. The fourth-order valence-corrected chi connectivity index (χ4v) is 5.43. The van der Waals surface area contributed by atoms with E-state index in [4.69, 9.17) is 9.84 Å². The first kappa shape index (κ1) is 21.3. The number of aromatic nitrogens is 2. The summed E-state index contributed by atoms with van der Waals surface area (Å²) >= 11 is 0. The van der Waals surface area contributed by atoms with Crippen LogP contribution in [-0.2, 0) is 7.05 Å². The van der Waals surface area contributed by atoms with Crippen LogP contribution in [0.3, 0.4) is 0 Å². The van der Waals surface area contributed by atoms with E-state index in [-0.39, 0.29) is 17.5 Å². The molecule has 0 amide bonds. The number of nitrogens with one attached hydrogen (secondary N) is 3. The lowest BCUT2D eigenvalue weighted by Crippen LogP contribution is -2.45. The van der Waals surface area contributed by atoms with Crippen LogP contribution < -0.4 is 20.9 Å². The van der Waals surface area contributed by atoms with E-state index in [1.54, 1.807) is 0 Å². The Morgan fingerprint density at radius 2 is 2.16 bits per heavy atom. The van der Waals surface area contributed by atoms with Crippen LogP contribution in [0.25, 0.3) is 5.57 Å². The van der Waals surface area contributed by atoms with Crippen molar-refractivity contribution in [2.45, 2.75) is 45.2 Å². The molecular weight excluding hydrogens is 402 g/mol. The van der Waals surface area contributed by atoms with Gasteiger partial charge in [-0.3, -0.25) is 0 Å². The summed E-state index contributed by atoms with van der Waals surface area (Å²) in [6.07, 6.45) is 10.7. The van der Waals surface area contributed by atoms with Crippen molar-refractivity contribution in [3.8, 4) is 5.88 Å². The molecule has 2 bridgehead atoms. The molecule has 1 aliphatic carbocycles. The van der Waals surface area contributed by atoms with Crippen LogP contribution in [0.2, 0.25) is 0 Å². The maximum atomic E-state index is 6.19. The van der Waals surface area contributed by atoms with Gasteiger partial charge in [0.15, 0.2) is 0 Å². The molecule has 5 rings (SSSR count). The molecule has 32 heavy (non-hydrogen) atoms. The molecule has 1 aromatic rings. The maximum absolute atomic E-state index is 6.19. The van der Waals surface area contributed by atoms with Gasteiger partial charge < -0.3 is 20.5 Å². The van der Waals surface area contributed by atoms with E-state index in [0.717, 1.165) is 42.9 Å². The SMILES string of the molecule is CCC1(C)NN(C)C2=C1CC(C)C1=NNC3C=CC(=CC13)c1cnn(C)c1OCCNC2. The predicted octanol–water partition coefficient (Wildman–Crippen LogP) is 2.20. The lowest BCUT2D eigenvalue weighted by Gasteiger charge is -2.30. The van der Waals surface area contributed by atoms with Crippen LogP contribution in [0, 0.1) is 11.8 Å². The van der Waals surface area contributed by atoms with Crippen molar-refractivity contribution in [3.63, 3.8) is 0 Å². The third-order valence-corrected chi connectivity index (χ3v) is 7.47. The van der Waals surface area contributed by atoms with Crippen molar-refractivity contribution in [2.24, 2.45) is 24.0 Å². The first-order valence-corrected chi connectivity index (χ1v) is 11.7. The van der Waals surface area contributed by atoms with Gasteiger partial charge in [0.2, 0.25) is 5.88 Å². The predicted molar refractivity (Wildman–Crippen MR) is 127 cm³/mol. The second kappa shape index (κ2) is 8.08. The van der Waals surface area contributed by atoms with Gasteiger partial charge in [-0.25, -0.2) is 10.1 Å². The zero-order chi connectivity index (χ0) is 22.5. The van der Waals surface area contributed by atoms with Crippen molar-refractivity contribution in [1.82, 2.24) is 31.0 Å². The molecule has 3 N–H and O–H groups in total. The molecule has 8 heteroatoms. The van der Waals surface area contributed by atoms with Gasteiger partial charge in [0, 0.05) is 44.7 Å². The van der Waals surface area contributed by atoms with Gasteiger partial charge in [0.1, 0.15) is 6.61 Å². The summed E-state index contributed by atoms with van der Waals surface area (Å²) in [5.74, 6) is 1.39. The lowest BCUT2D eigenvalue weighted by atomic mass is 9.78. The molecule has 0 aromatic carbocycles. The maximum Gasteiger partial charge on any atom is 0.219 e. The highest BCUT2D eigenvalue weighted by Gasteiger charge is 2.41. The molecule has 4 unspecified atom stereocenters. The fourth-order valence-electron chi connectivity index (χ4n) is 5.43. The third-order valence-electron chi connectivity index (χ3n) is 7.47. The van der Waals surface area contributed by atoms with Gasteiger partial charge in [0.25, 0.3) is 0 Å². The first-order chi connectivity index (χ1) is 15.4. The Morgan fingerprint density at radius 1 is 1.31 bits per heavy atom. The number of nitrogens with zero attached hydrogens (tertiary/aromatic N) is 4. The molecule has 172 valence electrons. The topological polar surface area (TPSA) is 78.7 Å². The summed E-state index contributed by atoms with van der Waals surface area (Å²) < 4.78 is 8.01. The van der Waals surface area contributed by atoms with Gasteiger partial charge in [0.05, 0.1) is 29.1 Å². The van der Waals surface area contributed by atoms with Crippen molar-refractivity contribution in [3.05, 3.63) is 41.3 Å². The second-order valence-corrected chi connectivity index (χ2v) is 9.60. The number of hydrogen-bond acceptors (Lipinski definition) is 7. The molecule has 0 saturated carbocycles. The number of aryl methyl sites for hydroxylation is 1. The van der Waals surface area contributed by atoms with Gasteiger partial charge in [-0.05, 0) is 30.9 Å². The van der Waals surface area contributed by atoms with Gasteiger partial charge >= 0.3 is 0 Å². The van der Waals surface area contributed by atoms with Gasteiger partial charge in [-0.1, -0.05) is 32.1 Å². The highest BCUT2D eigenvalue weighted by Crippen LogP contribution is 2.39. The van der Waals surface area contributed by atoms with Crippen LogP contribution in [0.15, 0.2) is 40.8 Å². The summed E-state index contributed by atoms with van der Waals surface area (Å²) in [4.78, 5) is 0. The fraction of sp³-hybridized carbons (Fsp3) is 0.583. The van der Waals surface area contributed by atoms with Crippen LogP contribution in [0.4, 0.5) is 0 Å². The van der Waals surface area contributed by atoms with E-state index in [1.165, 1.54) is 17.0 Å². The minimum Gasteiger partial charge on any atom is -0.476 e. The highest BCUT2D eigenvalue weighted by atomic mass is 16.5. The molecule has 0 radical (unpaired) electrons. The summed E-state index contributed by atoms with van der Waals surface area (Å²) in [7, 11) is 4.06. The third kappa shape index (κ3) is 3.46. The van der Waals surface area contributed by atoms with E-state index in [9.17, 15) is 0 Å². The quantitative estimate of drug-likeness (QED) is 0.625. The molecule has 0 fully saturated rings. The Morgan fingerprint density at radius 3 is 2.97 bits per heavy atom. The van der Waals surface area contributed by atoms with Crippen molar-refractivity contribution >= 4 is 11.3 Å². The highest BCUT2D eigenvalue weighted by molar-refractivity contribution is 5.95. The largest absolute Gasteiger partial charge is 0.476 e. The molecule has 0 saturated heterocycles. The minimum atomic E-state index is -0.0359. The molecular formula is C24H35N7O. The van der Waals surface area contributed by atoms with Crippen LogP contribution in [0.1, 0.15) is 39.2 Å². The molecule has 3 aliphatic heterocycles. The number of fused-ring (bicyclic) bond motifs is 2. The van der Waals surface area contributed by atoms with E-state index in [2.05, 4.69) is 72.3 Å². The standard InChI is InChI=1S/C24H35N7O/c1-6-24(3)19-11-15(2)22-17-12-16(7-8-20(17)27-28-22)18-13-26-31(5)23(18)32-10-9-25-14-21(19)30(4)29-24/h7-8,12-13,15,17,20,25,27,29H,6,9-11,14H2,1-5H3. The van der Waals surface area contributed by atoms with Crippen LogP contribution in [-0.4, -0.2) is 58.8 Å². The normalized spacial score (nSPS) is 32.3. The summed E-state index contributed by atoms with van der Waals surface area (Å²) in [6.45, 7) is 9.06. The zero-order valence-corrected chi connectivity index (χ0v) is 19.8. The van der Waals surface area contributed by atoms with Crippen LogP contribution >= 0.6 is 0 Å². The number of allylic oxidation sites excluding steroid dienone is 2. The number of likely N-dealkylation sites (N-methyl/N-ethyl adjacent to an activating group) is 1. The Kier molecular flexibility index (Phi) is 5.37. The average molecular weight is 438 g/mol. The van der Waals surface area contributed by atoms with E-state index in [1.807, 2.05) is 17.9 Å². The summed E-state index contributed by atoms with van der Waals surface area (Å²) in [6, 6.07) is 0.213. The molecule has 4 heterocycles.